The highest BCUT2D eigenvalue weighted by Crippen LogP contribution is 1.82. The second-order valence-electron chi connectivity index (χ2n) is 2.80. The summed E-state index contributed by atoms with van der Waals surface area (Å²) in [5.41, 5.74) is 0. The third kappa shape index (κ3) is 9.29. The normalized spacial score (nSPS) is 11.2. The molecule has 0 heterocycles. The number of rotatable bonds is 6. The number of sulfonamides is 1. The van der Waals surface area contributed by atoms with Crippen molar-refractivity contribution in [3.63, 3.8) is 0 Å². The Hall–Kier alpha value is -0.620. The highest BCUT2D eigenvalue weighted by Gasteiger charge is 2.04. The number of carbonyl (C=O) groups is 1. The summed E-state index contributed by atoms with van der Waals surface area (Å²) >= 11 is 0. The average Bonchev–Trinajstić information content (AvgIpc) is 2.00. The van der Waals surface area contributed by atoms with Gasteiger partial charge < -0.3 is 5.32 Å². The van der Waals surface area contributed by atoms with Gasteiger partial charge in [0.1, 0.15) is 0 Å². The maximum atomic E-state index is 10.9. The topological polar surface area (TPSA) is 75.3 Å². The number of hydrogen-bond acceptors (Lipinski definition) is 3. The second kappa shape index (κ2) is 5.93. The SMILES string of the molecule is CCCCNC(=O)CNS(C)(=O)=O. The van der Waals surface area contributed by atoms with E-state index in [1.54, 1.807) is 0 Å². The van der Waals surface area contributed by atoms with E-state index < -0.39 is 10.0 Å². The van der Waals surface area contributed by atoms with Gasteiger partial charge >= 0.3 is 0 Å². The lowest BCUT2D eigenvalue weighted by atomic mass is 10.3. The first-order chi connectivity index (χ1) is 5.95. The van der Waals surface area contributed by atoms with E-state index >= 15 is 0 Å². The molecule has 0 unspecified atom stereocenters. The molecule has 0 aromatic heterocycles. The van der Waals surface area contributed by atoms with Crippen molar-refractivity contribution in [1.82, 2.24) is 10.0 Å². The van der Waals surface area contributed by atoms with Crippen LogP contribution in [0, 0.1) is 0 Å². The molecule has 0 rings (SSSR count). The lowest BCUT2D eigenvalue weighted by Gasteiger charge is -2.03. The van der Waals surface area contributed by atoms with Gasteiger partial charge in [-0.1, -0.05) is 13.3 Å². The molecule has 0 fully saturated rings. The highest BCUT2D eigenvalue weighted by molar-refractivity contribution is 7.88. The molecule has 0 radical (unpaired) electrons. The third-order valence-electron chi connectivity index (χ3n) is 1.35. The van der Waals surface area contributed by atoms with Crippen LogP contribution < -0.4 is 10.0 Å². The zero-order chi connectivity index (χ0) is 10.3. The van der Waals surface area contributed by atoms with Gasteiger partial charge in [0.2, 0.25) is 15.9 Å². The van der Waals surface area contributed by atoms with Gasteiger partial charge in [0.25, 0.3) is 0 Å². The van der Waals surface area contributed by atoms with Crippen LogP contribution in [-0.2, 0) is 14.8 Å². The fourth-order valence-corrected chi connectivity index (χ4v) is 1.06. The van der Waals surface area contributed by atoms with Crippen molar-refractivity contribution in [1.29, 1.82) is 0 Å². The summed E-state index contributed by atoms with van der Waals surface area (Å²) in [6.45, 7) is 2.43. The molecule has 1 amide bonds. The molecule has 0 aliphatic heterocycles. The molecule has 13 heavy (non-hydrogen) atoms. The summed E-state index contributed by atoms with van der Waals surface area (Å²) in [7, 11) is -3.26. The van der Waals surface area contributed by atoms with Gasteiger partial charge in [-0.2, -0.15) is 0 Å². The first-order valence-corrected chi connectivity index (χ1v) is 6.06. The van der Waals surface area contributed by atoms with E-state index in [9.17, 15) is 13.2 Å². The van der Waals surface area contributed by atoms with Gasteiger partial charge in [0.05, 0.1) is 12.8 Å². The molecule has 0 saturated heterocycles. The van der Waals surface area contributed by atoms with E-state index in [0.717, 1.165) is 19.1 Å². The van der Waals surface area contributed by atoms with Crippen molar-refractivity contribution in [3.05, 3.63) is 0 Å². The Balaban J connectivity index is 3.53. The first-order valence-electron chi connectivity index (χ1n) is 4.17. The Morgan fingerprint density at radius 3 is 2.46 bits per heavy atom. The van der Waals surface area contributed by atoms with Crippen molar-refractivity contribution in [2.45, 2.75) is 19.8 Å². The van der Waals surface area contributed by atoms with Crippen LogP contribution in [0.25, 0.3) is 0 Å². The predicted molar refractivity (Wildman–Crippen MR) is 50.8 cm³/mol. The van der Waals surface area contributed by atoms with Crippen molar-refractivity contribution >= 4 is 15.9 Å². The Morgan fingerprint density at radius 1 is 1.38 bits per heavy atom. The van der Waals surface area contributed by atoms with Gasteiger partial charge in [-0.05, 0) is 6.42 Å². The van der Waals surface area contributed by atoms with Crippen molar-refractivity contribution in [2.75, 3.05) is 19.3 Å². The standard InChI is InChI=1S/C7H16N2O3S/c1-3-4-5-8-7(10)6-9-13(2,11)12/h9H,3-6H2,1-2H3,(H,8,10). The van der Waals surface area contributed by atoms with Crippen molar-refractivity contribution in [3.8, 4) is 0 Å². The van der Waals surface area contributed by atoms with Crippen LogP contribution in [0.4, 0.5) is 0 Å². The fourth-order valence-electron chi connectivity index (χ4n) is 0.664. The van der Waals surface area contributed by atoms with Crippen LogP contribution >= 0.6 is 0 Å². The number of unbranched alkanes of at least 4 members (excludes halogenated alkanes) is 1. The molecule has 78 valence electrons. The summed E-state index contributed by atoms with van der Waals surface area (Å²) in [4.78, 5) is 10.9. The lowest BCUT2D eigenvalue weighted by Crippen LogP contribution is -2.36. The molecular weight excluding hydrogens is 192 g/mol. The Labute approximate surface area is 79.0 Å². The van der Waals surface area contributed by atoms with Crippen molar-refractivity contribution < 1.29 is 13.2 Å². The predicted octanol–water partition coefficient (Wildman–Crippen LogP) is -0.548. The summed E-state index contributed by atoms with van der Waals surface area (Å²) in [5, 5.41) is 2.59. The van der Waals surface area contributed by atoms with E-state index in [1.165, 1.54) is 0 Å². The maximum absolute atomic E-state index is 10.9. The Kier molecular flexibility index (Phi) is 5.65. The van der Waals surface area contributed by atoms with Crippen LogP contribution in [0.3, 0.4) is 0 Å². The molecule has 6 heteroatoms. The summed E-state index contributed by atoms with van der Waals surface area (Å²) in [6, 6.07) is 0. The third-order valence-corrected chi connectivity index (χ3v) is 2.02. The van der Waals surface area contributed by atoms with Gasteiger partial charge in [0.15, 0.2) is 0 Å². The molecular formula is C7H16N2O3S. The Morgan fingerprint density at radius 2 is 2.00 bits per heavy atom. The number of hydrogen-bond donors (Lipinski definition) is 2. The summed E-state index contributed by atoms with van der Waals surface area (Å²) in [6.07, 6.45) is 2.93. The van der Waals surface area contributed by atoms with Crippen molar-refractivity contribution in [2.24, 2.45) is 0 Å². The lowest BCUT2D eigenvalue weighted by molar-refractivity contribution is -0.119. The molecule has 0 atom stereocenters. The number of carbonyl (C=O) groups excluding carboxylic acids is 1. The van der Waals surface area contributed by atoms with Crippen LogP contribution in [0.15, 0.2) is 0 Å². The number of amides is 1. The van der Waals surface area contributed by atoms with E-state index in [-0.39, 0.29) is 12.5 Å². The summed E-state index contributed by atoms with van der Waals surface area (Å²) < 4.78 is 23.3. The van der Waals surface area contributed by atoms with Gasteiger partial charge in [-0.25, -0.2) is 13.1 Å². The quantitative estimate of drug-likeness (QED) is 0.575. The first kappa shape index (κ1) is 12.4. The molecule has 2 N–H and O–H groups in total. The molecule has 0 bridgehead atoms. The van der Waals surface area contributed by atoms with E-state index in [4.69, 9.17) is 0 Å². The van der Waals surface area contributed by atoms with Crippen LogP contribution in [0.5, 0.6) is 0 Å². The minimum Gasteiger partial charge on any atom is -0.355 e. The van der Waals surface area contributed by atoms with Gasteiger partial charge in [-0.3, -0.25) is 4.79 Å². The van der Waals surface area contributed by atoms with Gasteiger partial charge in [0, 0.05) is 6.54 Å². The largest absolute Gasteiger partial charge is 0.355 e. The molecule has 0 aromatic rings. The Bertz CT molecular complexity index is 248. The maximum Gasteiger partial charge on any atom is 0.235 e. The monoisotopic (exact) mass is 208 g/mol. The average molecular weight is 208 g/mol. The van der Waals surface area contributed by atoms with Crippen LogP contribution in [0.2, 0.25) is 0 Å². The van der Waals surface area contributed by atoms with E-state index in [0.29, 0.717) is 6.54 Å². The molecule has 0 aliphatic carbocycles. The minimum absolute atomic E-state index is 0.178. The molecule has 0 aliphatic rings. The van der Waals surface area contributed by atoms with E-state index in [1.807, 2.05) is 6.92 Å². The van der Waals surface area contributed by atoms with Crippen LogP contribution in [0.1, 0.15) is 19.8 Å². The minimum atomic E-state index is -3.26. The highest BCUT2D eigenvalue weighted by atomic mass is 32.2. The molecule has 5 nitrogen and oxygen atoms in total. The van der Waals surface area contributed by atoms with E-state index in [2.05, 4.69) is 10.0 Å². The molecule has 0 aromatic carbocycles. The number of nitrogens with one attached hydrogen (secondary N) is 2. The smallest absolute Gasteiger partial charge is 0.235 e. The second-order valence-corrected chi connectivity index (χ2v) is 4.63. The zero-order valence-corrected chi connectivity index (χ0v) is 8.78. The molecule has 0 saturated carbocycles. The summed E-state index contributed by atoms with van der Waals surface area (Å²) in [5.74, 6) is -0.293. The zero-order valence-electron chi connectivity index (χ0n) is 7.96. The molecule has 0 spiro atoms. The van der Waals surface area contributed by atoms with Gasteiger partial charge in [-0.15, -0.1) is 0 Å². The van der Waals surface area contributed by atoms with Crippen LogP contribution in [-0.4, -0.2) is 33.7 Å². The fraction of sp³-hybridized carbons (Fsp3) is 0.857.